The van der Waals surface area contributed by atoms with E-state index < -0.39 is 0 Å². The van der Waals surface area contributed by atoms with Crippen LogP contribution in [0.5, 0.6) is 6.01 Å². The van der Waals surface area contributed by atoms with Crippen LogP contribution in [0.4, 0.5) is 0 Å². The van der Waals surface area contributed by atoms with Crippen LogP contribution in [0, 0.1) is 0 Å². The number of hydrogen-bond acceptors (Lipinski definition) is 4. The molecule has 0 aliphatic rings. The van der Waals surface area contributed by atoms with Gasteiger partial charge in [0.15, 0.2) is 0 Å². The molecule has 0 radical (unpaired) electrons. The van der Waals surface area contributed by atoms with E-state index in [2.05, 4.69) is 15.3 Å². The Morgan fingerprint density at radius 2 is 1.81 bits per heavy atom. The van der Waals surface area contributed by atoms with Crippen molar-refractivity contribution in [3.8, 4) is 17.1 Å². The van der Waals surface area contributed by atoms with Gasteiger partial charge in [-0.1, -0.05) is 24.3 Å². The molecular weight excluding hydrogens is 266 g/mol. The van der Waals surface area contributed by atoms with Gasteiger partial charge in [-0.2, -0.15) is 0 Å². The first-order valence-corrected chi connectivity index (χ1v) is 6.92. The highest BCUT2D eigenvalue weighted by Gasteiger charge is 2.07. The molecule has 5 heteroatoms. The number of ether oxygens (including phenoxy) is 1. The fourth-order valence-electron chi connectivity index (χ4n) is 2.02. The average molecular weight is 285 g/mol. The zero-order valence-corrected chi connectivity index (χ0v) is 12.5. The van der Waals surface area contributed by atoms with Crippen molar-refractivity contribution < 1.29 is 9.53 Å². The molecule has 0 aliphatic heterocycles. The molecule has 1 amide bonds. The molecule has 1 aromatic heterocycles. The normalized spacial score (nSPS) is 11.8. The standard InChI is InChI=1S/C16H19N3O2/c1-4-21-16-17-9-15(10-18-16)14-7-5-13(6-8-14)11(2)19-12(3)20/h5-11H,4H2,1-3H3,(H,19,20)/t11-/m0/s1. The Balaban J connectivity index is 2.12. The molecule has 1 aromatic carbocycles. The zero-order chi connectivity index (χ0) is 15.2. The monoisotopic (exact) mass is 285 g/mol. The summed E-state index contributed by atoms with van der Waals surface area (Å²) in [5, 5.41) is 2.86. The van der Waals surface area contributed by atoms with Gasteiger partial charge >= 0.3 is 6.01 Å². The number of hydrogen-bond donors (Lipinski definition) is 1. The molecule has 0 saturated carbocycles. The van der Waals surface area contributed by atoms with Gasteiger partial charge in [0.25, 0.3) is 0 Å². The summed E-state index contributed by atoms with van der Waals surface area (Å²) in [5.41, 5.74) is 3.01. The molecule has 0 bridgehead atoms. The van der Waals surface area contributed by atoms with Crippen molar-refractivity contribution in [2.45, 2.75) is 26.8 Å². The Morgan fingerprint density at radius 3 is 2.33 bits per heavy atom. The molecule has 0 saturated heterocycles. The summed E-state index contributed by atoms with van der Waals surface area (Å²) in [7, 11) is 0. The molecule has 21 heavy (non-hydrogen) atoms. The van der Waals surface area contributed by atoms with Gasteiger partial charge in [0.05, 0.1) is 12.6 Å². The van der Waals surface area contributed by atoms with E-state index in [1.165, 1.54) is 6.92 Å². The highest BCUT2D eigenvalue weighted by atomic mass is 16.5. The van der Waals surface area contributed by atoms with E-state index in [1.54, 1.807) is 12.4 Å². The number of amides is 1. The first kappa shape index (κ1) is 15.0. The van der Waals surface area contributed by atoms with Crippen molar-refractivity contribution in [2.75, 3.05) is 6.61 Å². The largest absolute Gasteiger partial charge is 0.464 e. The van der Waals surface area contributed by atoms with Crippen molar-refractivity contribution in [1.29, 1.82) is 0 Å². The molecule has 2 aromatic rings. The number of rotatable bonds is 5. The third-order valence-electron chi connectivity index (χ3n) is 3.07. The smallest absolute Gasteiger partial charge is 0.316 e. The molecule has 1 atom stereocenters. The highest BCUT2D eigenvalue weighted by Crippen LogP contribution is 2.21. The summed E-state index contributed by atoms with van der Waals surface area (Å²) in [6.45, 7) is 5.92. The Kier molecular flexibility index (Phi) is 4.87. The molecule has 0 unspecified atom stereocenters. The predicted molar refractivity (Wildman–Crippen MR) is 80.9 cm³/mol. The van der Waals surface area contributed by atoms with Gasteiger partial charge in [0, 0.05) is 24.9 Å². The van der Waals surface area contributed by atoms with Gasteiger partial charge in [0.1, 0.15) is 0 Å². The average Bonchev–Trinajstić information content (AvgIpc) is 2.48. The van der Waals surface area contributed by atoms with Crippen molar-refractivity contribution >= 4 is 5.91 Å². The summed E-state index contributed by atoms with van der Waals surface area (Å²) in [6, 6.07) is 8.35. The minimum absolute atomic E-state index is 0.00636. The molecule has 0 fully saturated rings. The first-order chi connectivity index (χ1) is 10.1. The number of benzene rings is 1. The molecule has 0 spiro atoms. The van der Waals surface area contributed by atoms with Crippen LogP contribution >= 0.6 is 0 Å². The summed E-state index contributed by atoms with van der Waals surface area (Å²) in [4.78, 5) is 19.4. The second-order valence-electron chi connectivity index (χ2n) is 4.73. The predicted octanol–water partition coefficient (Wildman–Crippen LogP) is 2.74. The summed E-state index contributed by atoms with van der Waals surface area (Å²) < 4.78 is 5.22. The van der Waals surface area contributed by atoms with Crippen LogP contribution < -0.4 is 10.1 Å². The number of nitrogens with one attached hydrogen (secondary N) is 1. The van der Waals surface area contributed by atoms with Crippen molar-refractivity contribution in [3.63, 3.8) is 0 Å². The van der Waals surface area contributed by atoms with Crippen molar-refractivity contribution in [1.82, 2.24) is 15.3 Å². The van der Waals surface area contributed by atoms with E-state index in [9.17, 15) is 4.79 Å². The van der Waals surface area contributed by atoms with Crippen LogP contribution in [-0.2, 0) is 4.79 Å². The van der Waals surface area contributed by atoms with Gasteiger partial charge in [0.2, 0.25) is 5.91 Å². The lowest BCUT2D eigenvalue weighted by Crippen LogP contribution is -2.23. The zero-order valence-electron chi connectivity index (χ0n) is 12.5. The number of carbonyl (C=O) groups excluding carboxylic acids is 1. The van der Waals surface area contributed by atoms with E-state index in [4.69, 9.17) is 4.74 Å². The van der Waals surface area contributed by atoms with Crippen LogP contribution in [0.1, 0.15) is 32.4 Å². The molecule has 1 N–H and O–H groups in total. The van der Waals surface area contributed by atoms with E-state index in [1.807, 2.05) is 38.1 Å². The van der Waals surface area contributed by atoms with Crippen LogP contribution in [0.3, 0.4) is 0 Å². The lowest BCUT2D eigenvalue weighted by atomic mass is 10.0. The summed E-state index contributed by atoms with van der Waals surface area (Å²) >= 11 is 0. The van der Waals surface area contributed by atoms with E-state index in [-0.39, 0.29) is 11.9 Å². The SMILES string of the molecule is CCOc1ncc(-c2ccc([C@H](C)NC(C)=O)cc2)cn1. The maximum Gasteiger partial charge on any atom is 0.316 e. The third kappa shape index (κ3) is 4.02. The number of aromatic nitrogens is 2. The molecule has 110 valence electrons. The molecular formula is C16H19N3O2. The molecule has 2 rings (SSSR count). The van der Waals surface area contributed by atoms with E-state index >= 15 is 0 Å². The maximum absolute atomic E-state index is 11.1. The third-order valence-corrected chi connectivity index (χ3v) is 3.07. The topological polar surface area (TPSA) is 64.1 Å². The van der Waals surface area contributed by atoms with Crippen LogP contribution in [0.25, 0.3) is 11.1 Å². The van der Waals surface area contributed by atoms with Gasteiger partial charge in [-0.15, -0.1) is 0 Å². The minimum atomic E-state index is -0.0357. The molecule has 1 heterocycles. The van der Waals surface area contributed by atoms with Gasteiger partial charge < -0.3 is 10.1 Å². The second-order valence-corrected chi connectivity index (χ2v) is 4.73. The maximum atomic E-state index is 11.1. The second kappa shape index (κ2) is 6.83. The lowest BCUT2D eigenvalue weighted by Gasteiger charge is -2.13. The van der Waals surface area contributed by atoms with Gasteiger partial charge in [-0.25, -0.2) is 9.97 Å². The number of nitrogens with zero attached hydrogens (tertiary/aromatic N) is 2. The molecule has 5 nitrogen and oxygen atoms in total. The fourth-order valence-corrected chi connectivity index (χ4v) is 2.02. The van der Waals surface area contributed by atoms with Gasteiger partial charge in [-0.3, -0.25) is 4.79 Å². The summed E-state index contributed by atoms with van der Waals surface area (Å²) in [6.07, 6.45) is 3.48. The summed E-state index contributed by atoms with van der Waals surface area (Å²) in [5.74, 6) is -0.0357. The highest BCUT2D eigenvalue weighted by molar-refractivity contribution is 5.73. The quantitative estimate of drug-likeness (QED) is 0.917. The fraction of sp³-hybridized carbons (Fsp3) is 0.312. The Hall–Kier alpha value is -2.43. The van der Waals surface area contributed by atoms with Crippen LogP contribution in [0.15, 0.2) is 36.7 Å². The van der Waals surface area contributed by atoms with Crippen LogP contribution in [-0.4, -0.2) is 22.5 Å². The van der Waals surface area contributed by atoms with Crippen molar-refractivity contribution in [3.05, 3.63) is 42.2 Å². The minimum Gasteiger partial charge on any atom is -0.464 e. The van der Waals surface area contributed by atoms with Gasteiger partial charge in [-0.05, 0) is 25.0 Å². The Labute approximate surface area is 124 Å². The Morgan fingerprint density at radius 1 is 1.19 bits per heavy atom. The number of carbonyl (C=O) groups is 1. The lowest BCUT2D eigenvalue weighted by molar-refractivity contribution is -0.119. The molecule has 0 aliphatic carbocycles. The van der Waals surface area contributed by atoms with Crippen LogP contribution in [0.2, 0.25) is 0 Å². The van der Waals surface area contributed by atoms with E-state index in [0.29, 0.717) is 12.6 Å². The van der Waals surface area contributed by atoms with E-state index in [0.717, 1.165) is 16.7 Å². The Bertz CT molecular complexity index is 594. The van der Waals surface area contributed by atoms with Crippen molar-refractivity contribution in [2.24, 2.45) is 0 Å². The first-order valence-electron chi connectivity index (χ1n) is 6.92.